The molecule has 8 heteroatoms. The first-order valence-corrected chi connectivity index (χ1v) is 11.6. The summed E-state index contributed by atoms with van der Waals surface area (Å²) in [7, 11) is 0. The van der Waals surface area contributed by atoms with E-state index in [2.05, 4.69) is 22.8 Å². The third kappa shape index (κ3) is 6.56. The van der Waals surface area contributed by atoms with Gasteiger partial charge in [0.15, 0.2) is 0 Å². The topological polar surface area (TPSA) is 104 Å². The number of fused-ring (bicyclic) bond motifs is 1. The molecule has 0 bridgehead atoms. The van der Waals surface area contributed by atoms with Crippen molar-refractivity contribution in [1.29, 1.82) is 0 Å². The molecule has 2 heterocycles. The fourth-order valence-corrected chi connectivity index (χ4v) is 4.27. The van der Waals surface area contributed by atoms with E-state index in [9.17, 15) is 14.7 Å². The lowest BCUT2D eigenvalue weighted by atomic mass is 9.79. The summed E-state index contributed by atoms with van der Waals surface area (Å²) in [6.45, 7) is 6.18. The number of carboxylic acids is 1. The molecule has 1 unspecified atom stereocenters. The minimum atomic E-state index is -1.03. The molecule has 31 heavy (non-hydrogen) atoms. The first-order chi connectivity index (χ1) is 15.0. The van der Waals surface area contributed by atoms with Gasteiger partial charge in [-0.05, 0) is 69.9 Å². The van der Waals surface area contributed by atoms with Gasteiger partial charge in [0.05, 0.1) is 6.10 Å². The lowest BCUT2D eigenvalue weighted by Crippen LogP contribution is -2.48. The molecule has 1 aliphatic carbocycles. The summed E-state index contributed by atoms with van der Waals surface area (Å²) in [5.41, 5.74) is 2.46. The Morgan fingerprint density at radius 2 is 2.10 bits per heavy atom. The zero-order chi connectivity index (χ0) is 22.2. The summed E-state index contributed by atoms with van der Waals surface area (Å²) in [4.78, 5) is 29.9. The molecule has 8 nitrogen and oxygen atoms in total. The van der Waals surface area contributed by atoms with Crippen LogP contribution in [-0.4, -0.2) is 65.4 Å². The number of nitrogens with one attached hydrogen (secondary N) is 2. The molecule has 172 valence electrons. The van der Waals surface area contributed by atoms with Gasteiger partial charge in [0.2, 0.25) is 0 Å². The quantitative estimate of drug-likeness (QED) is 0.497. The number of aryl methyl sites for hydroxylation is 2. The Morgan fingerprint density at radius 1 is 1.32 bits per heavy atom. The van der Waals surface area contributed by atoms with Gasteiger partial charge in [-0.2, -0.15) is 0 Å². The number of anilines is 1. The number of nitrogens with zero attached hydrogens (tertiary/aromatic N) is 2. The second-order valence-corrected chi connectivity index (χ2v) is 8.51. The number of carboxylic acid groups (broad SMARTS) is 1. The van der Waals surface area contributed by atoms with Crippen molar-refractivity contribution in [3.63, 3.8) is 0 Å². The average molecular weight is 433 g/mol. The molecule has 1 aromatic rings. The van der Waals surface area contributed by atoms with E-state index in [0.717, 1.165) is 50.2 Å². The molecule has 1 atom stereocenters. The molecule has 1 aliphatic heterocycles. The van der Waals surface area contributed by atoms with Gasteiger partial charge in [0.1, 0.15) is 11.9 Å². The second-order valence-electron chi connectivity index (χ2n) is 8.51. The van der Waals surface area contributed by atoms with Crippen LogP contribution in [0, 0.1) is 5.92 Å². The maximum atomic E-state index is 12.1. The Bertz CT molecular complexity index is 747. The number of hydrogen-bond donors (Lipinski definition) is 3. The van der Waals surface area contributed by atoms with Gasteiger partial charge in [0.25, 0.3) is 0 Å². The molecule has 0 spiro atoms. The minimum Gasteiger partial charge on any atom is -0.480 e. The first-order valence-electron chi connectivity index (χ1n) is 11.6. The lowest BCUT2D eigenvalue weighted by molar-refractivity contribution is -0.140. The number of urea groups is 1. The van der Waals surface area contributed by atoms with E-state index in [-0.39, 0.29) is 18.6 Å². The van der Waals surface area contributed by atoms with Crippen molar-refractivity contribution in [3.8, 4) is 0 Å². The number of rotatable bonds is 11. The Kier molecular flexibility index (Phi) is 8.51. The highest BCUT2D eigenvalue weighted by atomic mass is 16.5. The summed E-state index contributed by atoms with van der Waals surface area (Å²) in [5.74, 6) is 0.663. The van der Waals surface area contributed by atoms with Crippen LogP contribution in [0.4, 0.5) is 10.6 Å². The van der Waals surface area contributed by atoms with Crippen LogP contribution in [0.25, 0.3) is 0 Å². The Morgan fingerprint density at radius 3 is 2.81 bits per heavy atom. The maximum absolute atomic E-state index is 12.1. The number of hydrogen-bond acceptors (Lipinski definition) is 5. The third-order valence-electron chi connectivity index (χ3n) is 6.36. The SMILES string of the molecule is CCN(CC)C(=O)NC(CCOC1CC(CCc2ccc3c(n2)NCCC3)C1)C(=O)O. The van der Waals surface area contributed by atoms with Crippen LogP contribution in [0.3, 0.4) is 0 Å². The van der Waals surface area contributed by atoms with Gasteiger partial charge in [0, 0.05) is 38.4 Å². The van der Waals surface area contributed by atoms with Gasteiger partial charge < -0.3 is 25.4 Å². The van der Waals surface area contributed by atoms with Crippen molar-refractivity contribution in [2.24, 2.45) is 5.92 Å². The van der Waals surface area contributed by atoms with Crippen molar-refractivity contribution in [1.82, 2.24) is 15.2 Å². The van der Waals surface area contributed by atoms with Crippen LogP contribution in [0.2, 0.25) is 0 Å². The second kappa shape index (κ2) is 11.3. The predicted octanol–water partition coefficient (Wildman–Crippen LogP) is 3.06. The van der Waals surface area contributed by atoms with Crippen LogP contribution in [0.1, 0.15) is 57.2 Å². The highest BCUT2D eigenvalue weighted by Gasteiger charge is 2.30. The van der Waals surface area contributed by atoms with E-state index in [1.807, 2.05) is 13.8 Å². The molecule has 3 N–H and O–H groups in total. The molecular formula is C23H36N4O4. The third-order valence-corrected chi connectivity index (χ3v) is 6.36. The van der Waals surface area contributed by atoms with E-state index < -0.39 is 12.0 Å². The largest absolute Gasteiger partial charge is 0.480 e. The van der Waals surface area contributed by atoms with Gasteiger partial charge >= 0.3 is 12.0 Å². The molecule has 3 rings (SSSR count). The maximum Gasteiger partial charge on any atom is 0.326 e. The van der Waals surface area contributed by atoms with Crippen molar-refractivity contribution < 1.29 is 19.4 Å². The summed E-state index contributed by atoms with van der Waals surface area (Å²) in [6.07, 6.45) is 6.84. The fraction of sp³-hybridized carbons (Fsp3) is 0.696. The summed E-state index contributed by atoms with van der Waals surface area (Å²) in [6, 6.07) is 3.09. The number of ether oxygens (including phenoxy) is 1. The van der Waals surface area contributed by atoms with Crippen LogP contribution in [0.5, 0.6) is 0 Å². The Balaban J connectivity index is 1.32. The average Bonchev–Trinajstić information content (AvgIpc) is 2.74. The number of pyridine rings is 1. The van der Waals surface area contributed by atoms with Gasteiger partial charge in [-0.1, -0.05) is 6.07 Å². The number of aliphatic carboxylic acids is 1. The summed E-state index contributed by atoms with van der Waals surface area (Å²) in [5, 5.41) is 15.4. The lowest BCUT2D eigenvalue weighted by Gasteiger charge is -2.35. The van der Waals surface area contributed by atoms with E-state index in [4.69, 9.17) is 9.72 Å². The van der Waals surface area contributed by atoms with E-state index in [1.54, 1.807) is 4.90 Å². The summed E-state index contributed by atoms with van der Waals surface area (Å²) >= 11 is 0. The molecular weight excluding hydrogens is 396 g/mol. The van der Waals surface area contributed by atoms with Crippen LogP contribution < -0.4 is 10.6 Å². The van der Waals surface area contributed by atoms with E-state index >= 15 is 0 Å². The minimum absolute atomic E-state index is 0.191. The molecule has 1 aromatic heterocycles. The first kappa shape index (κ1) is 23.3. The molecule has 0 radical (unpaired) electrons. The zero-order valence-corrected chi connectivity index (χ0v) is 18.7. The van der Waals surface area contributed by atoms with Gasteiger partial charge in [-0.25, -0.2) is 14.6 Å². The molecule has 1 saturated carbocycles. The summed E-state index contributed by atoms with van der Waals surface area (Å²) < 4.78 is 5.86. The number of carbonyl (C=O) groups excluding carboxylic acids is 1. The van der Waals surface area contributed by atoms with Crippen molar-refractivity contribution >= 4 is 17.8 Å². The monoisotopic (exact) mass is 432 g/mol. The van der Waals surface area contributed by atoms with Crippen molar-refractivity contribution in [3.05, 3.63) is 23.4 Å². The van der Waals surface area contributed by atoms with Crippen LogP contribution in [0.15, 0.2) is 12.1 Å². The normalized spacial score (nSPS) is 20.7. The smallest absolute Gasteiger partial charge is 0.326 e. The fourth-order valence-electron chi connectivity index (χ4n) is 4.27. The van der Waals surface area contributed by atoms with Crippen LogP contribution >= 0.6 is 0 Å². The number of carbonyl (C=O) groups is 2. The van der Waals surface area contributed by atoms with Gasteiger partial charge in [-0.3, -0.25) is 0 Å². The Labute approximate surface area is 184 Å². The van der Waals surface area contributed by atoms with E-state index in [0.29, 0.717) is 25.6 Å². The molecule has 1 fully saturated rings. The molecule has 2 amide bonds. The molecule has 2 aliphatic rings. The van der Waals surface area contributed by atoms with Crippen molar-refractivity contribution in [2.75, 3.05) is 31.6 Å². The van der Waals surface area contributed by atoms with Crippen LogP contribution in [-0.2, 0) is 22.4 Å². The number of amides is 2. The molecule has 0 saturated heterocycles. The highest BCUT2D eigenvalue weighted by molar-refractivity contribution is 5.82. The predicted molar refractivity (Wildman–Crippen MR) is 119 cm³/mol. The number of aromatic nitrogens is 1. The van der Waals surface area contributed by atoms with E-state index in [1.165, 1.54) is 12.0 Å². The molecule has 0 aromatic carbocycles. The van der Waals surface area contributed by atoms with Crippen molar-refractivity contribution in [2.45, 2.75) is 70.9 Å². The highest BCUT2D eigenvalue weighted by Crippen LogP contribution is 2.34. The van der Waals surface area contributed by atoms with Gasteiger partial charge in [-0.15, -0.1) is 0 Å². The Hall–Kier alpha value is -2.35. The zero-order valence-electron chi connectivity index (χ0n) is 18.7. The standard InChI is InChI=1S/C23H36N4O4/c1-3-27(4-2)23(30)26-20(22(28)29)11-13-31-19-14-16(15-19)7-9-18-10-8-17-6-5-12-24-21(17)25-18/h8,10,16,19-20H,3-7,9,11-15H2,1-2H3,(H,24,25)(H,26,30)(H,28,29).